The molecule has 0 aromatic heterocycles. The highest BCUT2D eigenvalue weighted by Gasteiger charge is 2.71. The number of hydrogen-bond acceptors (Lipinski definition) is 6. The van der Waals surface area contributed by atoms with Gasteiger partial charge in [0.1, 0.15) is 17.7 Å². The van der Waals surface area contributed by atoms with E-state index in [2.05, 4.69) is 26.8 Å². The highest BCUT2D eigenvalue weighted by Crippen LogP contribution is 2.73. The van der Waals surface area contributed by atoms with E-state index in [0.717, 1.165) is 24.8 Å². The van der Waals surface area contributed by atoms with Crippen molar-refractivity contribution in [2.75, 3.05) is 7.11 Å². The second-order valence-corrected chi connectivity index (χ2v) is 13.4. The number of methoxy groups -OCH3 is 1. The highest BCUT2D eigenvalue weighted by molar-refractivity contribution is 5.91. The van der Waals surface area contributed by atoms with Gasteiger partial charge in [-0.2, -0.15) is 0 Å². The molecule has 6 heteroatoms. The fourth-order valence-electron chi connectivity index (χ4n) is 9.40. The molecule has 4 saturated carbocycles. The first-order chi connectivity index (χ1) is 17.7. The Morgan fingerprint density at radius 3 is 2.32 bits per heavy atom. The summed E-state index contributed by atoms with van der Waals surface area (Å²) >= 11 is 0. The minimum Gasteiger partial charge on any atom is -0.466 e. The third-order valence-electron chi connectivity index (χ3n) is 11.3. The second-order valence-electron chi connectivity index (χ2n) is 13.4. The summed E-state index contributed by atoms with van der Waals surface area (Å²) in [5.74, 6) is -0.391. The summed E-state index contributed by atoms with van der Waals surface area (Å²) in [5, 5.41) is 0. The van der Waals surface area contributed by atoms with Crippen LogP contribution in [0.25, 0.3) is 0 Å². The third-order valence-corrected chi connectivity index (χ3v) is 11.3. The van der Waals surface area contributed by atoms with Crippen LogP contribution in [0, 0.1) is 39.9 Å². The summed E-state index contributed by atoms with van der Waals surface area (Å²) in [6.45, 7) is 14.3. The van der Waals surface area contributed by atoms with Gasteiger partial charge in [0, 0.05) is 37.2 Å². The Morgan fingerprint density at radius 2 is 1.71 bits per heavy atom. The molecule has 38 heavy (non-hydrogen) atoms. The maximum absolute atomic E-state index is 14.3. The molecule has 0 heterocycles. The summed E-state index contributed by atoms with van der Waals surface area (Å²) in [5.41, 5.74) is 1.61. The minimum atomic E-state index is -0.552. The van der Waals surface area contributed by atoms with Gasteiger partial charge in [-0.25, -0.2) is 4.79 Å². The smallest absolute Gasteiger partial charge is 0.333 e. The first-order valence-electron chi connectivity index (χ1n) is 14.4. The van der Waals surface area contributed by atoms with Crippen molar-refractivity contribution in [1.82, 2.24) is 0 Å². The second kappa shape index (κ2) is 10.1. The highest BCUT2D eigenvalue weighted by atomic mass is 16.5. The Bertz CT molecular complexity index is 1100. The molecule has 0 saturated heterocycles. The Hall–Kier alpha value is -2.24. The molecule has 4 rings (SSSR count). The van der Waals surface area contributed by atoms with Gasteiger partial charge < -0.3 is 9.47 Å². The first-order valence-corrected chi connectivity index (χ1v) is 14.4. The molecule has 4 aliphatic rings. The maximum Gasteiger partial charge on any atom is 0.333 e. The number of fused-ring (bicyclic) bond motifs is 5. The molecule has 8 atom stereocenters. The SMILES string of the molecule is COC(=O)/C(CCC=C(C)C)=C1/C(OC(C)=O)CC2(C)C1CC(=O)C1C3(C)CCC(=O)C(C)C3CCC12C. The normalized spacial score (nSPS) is 41.4. The number of esters is 2. The summed E-state index contributed by atoms with van der Waals surface area (Å²) in [6, 6.07) is 0. The lowest BCUT2D eigenvalue weighted by Crippen LogP contribution is -2.64. The lowest BCUT2D eigenvalue weighted by Gasteiger charge is -2.66. The van der Waals surface area contributed by atoms with Gasteiger partial charge in [0.2, 0.25) is 0 Å². The number of ether oxygens (including phenoxy) is 2. The lowest BCUT2D eigenvalue weighted by molar-refractivity contribution is -0.191. The fourth-order valence-corrected chi connectivity index (χ4v) is 9.40. The molecule has 8 unspecified atom stereocenters. The summed E-state index contributed by atoms with van der Waals surface area (Å²) in [6.07, 6.45) is 6.65. The van der Waals surface area contributed by atoms with Crippen molar-refractivity contribution in [3.8, 4) is 0 Å². The van der Waals surface area contributed by atoms with E-state index in [0.29, 0.717) is 43.5 Å². The molecule has 0 N–H and O–H groups in total. The molecule has 0 aromatic rings. The van der Waals surface area contributed by atoms with Crippen molar-refractivity contribution in [2.45, 2.75) is 106 Å². The van der Waals surface area contributed by atoms with E-state index in [9.17, 15) is 19.2 Å². The number of carbonyl (C=O) groups excluding carboxylic acids is 4. The zero-order chi connectivity index (χ0) is 28.2. The van der Waals surface area contributed by atoms with Crippen LogP contribution < -0.4 is 0 Å². The van der Waals surface area contributed by atoms with Crippen molar-refractivity contribution in [3.63, 3.8) is 0 Å². The van der Waals surface area contributed by atoms with Crippen LogP contribution in [0.1, 0.15) is 99.8 Å². The van der Waals surface area contributed by atoms with Crippen LogP contribution in [0.15, 0.2) is 22.8 Å². The van der Waals surface area contributed by atoms with Gasteiger partial charge in [-0.1, -0.05) is 39.3 Å². The molecule has 6 nitrogen and oxygen atoms in total. The van der Waals surface area contributed by atoms with Crippen molar-refractivity contribution in [2.24, 2.45) is 39.9 Å². The zero-order valence-electron chi connectivity index (χ0n) is 24.6. The third kappa shape index (κ3) is 4.30. The van der Waals surface area contributed by atoms with Crippen LogP contribution in [0.3, 0.4) is 0 Å². The van der Waals surface area contributed by atoms with E-state index < -0.39 is 12.1 Å². The van der Waals surface area contributed by atoms with Crippen molar-refractivity contribution < 1.29 is 28.7 Å². The molecule has 4 fully saturated rings. The van der Waals surface area contributed by atoms with Gasteiger partial charge >= 0.3 is 11.9 Å². The monoisotopic (exact) mass is 526 g/mol. The molecule has 4 aliphatic carbocycles. The van der Waals surface area contributed by atoms with Crippen molar-refractivity contribution in [3.05, 3.63) is 22.8 Å². The quantitative estimate of drug-likeness (QED) is 0.242. The van der Waals surface area contributed by atoms with Gasteiger partial charge in [0.15, 0.2) is 0 Å². The van der Waals surface area contributed by atoms with Gasteiger partial charge in [-0.05, 0) is 86.0 Å². The van der Waals surface area contributed by atoms with Crippen LogP contribution in [0.2, 0.25) is 0 Å². The number of carbonyl (C=O) groups is 4. The minimum absolute atomic E-state index is 0.0227. The van der Waals surface area contributed by atoms with Gasteiger partial charge in [-0.15, -0.1) is 0 Å². The van der Waals surface area contributed by atoms with Gasteiger partial charge in [-0.3, -0.25) is 14.4 Å². The van der Waals surface area contributed by atoms with Crippen molar-refractivity contribution in [1.29, 1.82) is 0 Å². The van der Waals surface area contributed by atoms with Crippen LogP contribution in [-0.4, -0.2) is 36.7 Å². The molecule has 0 bridgehead atoms. The molecule has 0 amide bonds. The molecule has 0 aromatic carbocycles. The van der Waals surface area contributed by atoms with Crippen LogP contribution in [0.4, 0.5) is 0 Å². The summed E-state index contributed by atoms with van der Waals surface area (Å²) in [7, 11) is 1.38. The van der Waals surface area contributed by atoms with E-state index >= 15 is 0 Å². The zero-order valence-corrected chi connectivity index (χ0v) is 24.6. The Morgan fingerprint density at radius 1 is 1.03 bits per heavy atom. The van der Waals surface area contributed by atoms with E-state index in [1.807, 2.05) is 20.8 Å². The van der Waals surface area contributed by atoms with Gasteiger partial charge in [0.25, 0.3) is 0 Å². The van der Waals surface area contributed by atoms with Crippen LogP contribution in [-0.2, 0) is 28.7 Å². The molecular weight excluding hydrogens is 480 g/mol. The molecule has 210 valence electrons. The number of hydrogen-bond donors (Lipinski definition) is 0. The number of rotatable bonds is 5. The summed E-state index contributed by atoms with van der Waals surface area (Å²) in [4.78, 5) is 52.4. The van der Waals surface area contributed by atoms with E-state index in [1.54, 1.807) is 0 Å². The van der Waals surface area contributed by atoms with E-state index in [-0.39, 0.29) is 51.7 Å². The average Bonchev–Trinajstić information content (AvgIpc) is 3.10. The molecule has 0 radical (unpaired) electrons. The standard InChI is InChI=1S/C32H46O6/c1-18(2)10-9-11-21(29(36)37-8)27-23-16-25(35)28-30(5)14-13-24(34)19(3)22(30)12-15-31(28,6)32(23,7)17-26(27)38-20(4)33/h10,19,22-23,26,28H,9,11-17H2,1-8H3/b27-21+. The predicted octanol–water partition coefficient (Wildman–Crippen LogP) is 6.17. The molecule has 0 aliphatic heterocycles. The predicted molar refractivity (Wildman–Crippen MR) is 145 cm³/mol. The fraction of sp³-hybridized carbons (Fsp3) is 0.750. The lowest BCUT2D eigenvalue weighted by atomic mass is 9.37. The Labute approximate surface area is 228 Å². The number of ketones is 2. The number of allylic oxidation sites excluding steroid dienone is 2. The van der Waals surface area contributed by atoms with Crippen LogP contribution >= 0.6 is 0 Å². The number of Topliss-reactive ketones (excluding diaryl/α,β-unsaturated/α-hetero) is 2. The Balaban J connectivity index is 1.85. The van der Waals surface area contributed by atoms with Crippen LogP contribution in [0.5, 0.6) is 0 Å². The van der Waals surface area contributed by atoms with E-state index in [4.69, 9.17) is 9.47 Å². The average molecular weight is 527 g/mol. The maximum atomic E-state index is 14.3. The molecule has 0 spiro atoms. The summed E-state index contributed by atoms with van der Waals surface area (Å²) < 4.78 is 11.2. The molecular formula is C32H46O6. The van der Waals surface area contributed by atoms with Gasteiger partial charge in [0.05, 0.1) is 7.11 Å². The topological polar surface area (TPSA) is 86.7 Å². The van der Waals surface area contributed by atoms with E-state index in [1.165, 1.54) is 19.6 Å². The Kier molecular flexibility index (Phi) is 7.61. The van der Waals surface area contributed by atoms with Crippen molar-refractivity contribution >= 4 is 23.5 Å². The largest absolute Gasteiger partial charge is 0.466 e. The first kappa shape index (κ1) is 28.8.